The number of aliphatic carboxylic acids is 1. The highest BCUT2D eigenvalue weighted by molar-refractivity contribution is 6.32. The molecule has 0 aromatic heterocycles. The minimum atomic E-state index is -0.939. The van der Waals surface area contributed by atoms with Crippen molar-refractivity contribution in [1.82, 2.24) is 9.80 Å². The van der Waals surface area contributed by atoms with Gasteiger partial charge < -0.3 is 19.8 Å². The van der Waals surface area contributed by atoms with Crippen molar-refractivity contribution >= 4 is 17.6 Å². The quantitative estimate of drug-likeness (QED) is 0.854. The van der Waals surface area contributed by atoms with Crippen LogP contribution >= 0.6 is 11.6 Å². The molecule has 0 saturated carbocycles. The van der Waals surface area contributed by atoms with E-state index in [0.717, 1.165) is 6.54 Å². The number of likely N-dealkylation sites (N-methyl/N-ethyl adjacent to an activating group) is 1. The van der Waals surface area contributed by atoms with Gasteiger partial charge in [-0.15, -0.1) is 0 Å². The second-order valence-corrected chi connectivity index (χ2v) is 6.26. The first-order valence-electron chi connectivity index (χ1n) is 7.67. The summed E-state index contributed by atoms with van der Waals surface area (Å²) in [4.78, 5) is 16.0. The third-order valence-electron chi connectivity index (χ3n) is 4.26. The van der Waals surface area contributed by atoms with Gasteiger partial charge in [-0.1, -0.05) is 11.6 Å². The number of nitrogens with zero attached hydrogens (tertiary/aromatic N) is 2. The van der Waals surface area contributed by atoms with Crippen molar-refractivity contribution < 1.29 is 19.7 Å². The summed E-state index contributed by atoms with van der Waals surface area (Å²) in [6.07, 6.45) is 0. The zero-order valence-electron chi connectivity index (χ0n) is 13.6. The van der Waals surface area contributed by atoms with Crippen molar-refractivity contribution in [1.29, 1.82) is 0 Å². The SMILES string of the molecule is CCOc1cc(C(C(=O)O)N2CCN(C)C(C)C2)cc(Cl)c1O. The average molecular weight is 343 g/mol. The molecule has 0 bridgehead atoms. The van der Waals surface area contributed by atoms with Crippen LogP contribution in [0.2, 0.25) is 5.02 Å². The fraction of sp³-hybridized carbons (Fsp3) is 0.562. The van der Waals surface area contributed by atoms with E-state index >= 15 is 0 Å². The number of phenols is 1. The minimum Gasteiger partial charge on any atom is -0.503 e. The molecule has 2 atom stereocenters. The topological polar surface area (TPSA) is 73.2 Å². The summed E-state index contributed by atoms with van der Waals surface area (Å²) in [5.74, 6) is -0.887. The number of phenolic OH excluding ortho intramolecular Hbond substituents is 1. The summed E-state index contributed by atoms with van der Waals surface area (Å²) in [5.41, 5.74) is 0.514. The van der Waals surface area contributed by atoms with E-state index in [-0.39, 0.29) is 22.6 Å². The van der Waals surface area contributed by atoms with Crippen LogP contribution < -0.4 is 4.74 Å². The molecule has 0 radical (unpaired) electrons. The Morgan fingerprint density at radius 1 is 1.48 bits per heavy atom. The van der Waals surface area contributed by atoms with Gasteiger partial charge in [-0.2, -0.15) is 0 Å². The number of halogens is 1. The lowest BCUT2D eigenvalue weighted by atomic mass is 10.0. The minimum absolute atomic E-state index is 0.0966. The van der Waals surface area contributed by atoms with Crippen molar-refractivity contribution in [3.8, 4) is 11.5 Å². The number of carboxylic acids is 1. The van der Waals surface area contributed by atoms with E-state index in [1.54, 1.807) is 13.0 Å². The van der Waals surface area contributed by atoms with Crippen LogP contribution in [0.5, 0.6) is 11.5 Å². The molecule has 0 aliphatic carbocycles. The summed E-state index contributed by atoms with van der Waals surface area (Å²) >= 11 is 6.04. The zero-order valence-corrected chi connectivity index (χ0v) is 14.4. The van der Waals surface area contributed by atoms with Crippen LogP contribution in [-0.4, -0.2) is 65.3 Å². The van der Waals surface area contributed by atoms with E-state index in [0.29, 0.717) is 25.3 Å². The van der Waals surface area contributed by atoms with Crippen LogP contribution in [0.15, 0.2) is 12.1 Å². The lowest BCUT2D eigenvalue weighted by Gasteiger charge is -2.40. The highest BCUT2D eigenvalue weighted by Crippen LogP contribution is 2.38. The normalized spacial score (nSPS) is 21.1. The molecule has 2 N–H and O–H groups in total. The fourth-order valence-corrected chi connectivity index (χ4v) is 3.06. The van der Waals surface area contributed by atoms with Crippen LogP contribution in [0.1, 0.15) is 25.5 Å². The highest BCUT2D eigenvalue weighted by atomic mass is 35.5. The van der Waals surface area contributed by atoms with E-state index in [4.69, 9.17) is 16.3 Å². The molecule has 6 nitrogen and oxygen atoms in total. The number of hydrogen-bond acceptors (Lipinski definition) is 5. The summed E-state index contributed by atoms with van der Waals surface area (Å²) in [5, 5.41) is 19.7. The average Bonchev–Trinajstić information content (AvgIpc) is 2.48. The molecule has 7 heteroatoms. The molecule has 1 aromatic carbocycles. The molecule has 0 amide bonds. The number of benzene rings is 1. The van der Waals surface area contributed by atoms with Gasteiger partial charge >= 0.3 is 5.97 Å². The van der Waals surface area contributed by atoms with Gasteiger partial charge in [0.2, 0.25) is 0 Å². The maximum atomic E-state index is 11.9. The van der Waals surface area contributed by atoms with Crippen LogP contribution in [0.4, 0.5) is 0 Å². The van der Waals surface area contributed by atoms with Gasteiger partial charge in [0.25, 0.3) is 0 Å². The van der Waals surface area contributed by atoms with Crippen LogP contribution in [-0.2, 0) is 4.79 Å². The molecular weight excluding hydrogens is 320 g/mol. The molecule has 23 heavy (non-hydrogen) atoms. The Kier molecular flexibility index (Phi) is 5.73. The number of carbonyl (C=O) groups is 1. The first-order valence-corrected chi connectivity index (χ1v) is 8.05. The second-order valence-electron chi connectivity index (χ2n) is 5.85. The first-order chi connectivity index (χ1) is 10.8. The van der Waals surface area contributed by atoms with Crippen molar-refractivity contribution in [3.63, 3.8) is 0 Å². The number of ether oxygens (including phenoxy) is 1. The zero-order chi connectivity index (χ0) is 17.1. The van der Waals surface area contributed by atoms with Gasteiger partial charge in [0.15, 0.2) is 11.5 Å². The van der Waals surface area contributed by atoms with Crippen LogP contribution in [0.25, 0.3) is 0 Å². The van der Waals surface area contributed by atoms with E-state index in [1.165, 1.54) is 6.07 Å². The predicted octanol–water partition coefficient (Wildman–Crippen LogP) is 2.21. The molecule has 2 rings (SSSR count). The van der Waals surface area contributed by atoms with Gasteiger partial charge in [0.05, 0.1) is 11.6 Å². The van der Waals surface area contributed by atoms with Crippen molar-refractivity contribution in [2.75, 3.05) is 33.3 Å². The molecule has 1 aliphatic rings. The number of hydrogen-bond donors (Lipinski definition) is 2. The number of piperazine rings is 1. The standard InChI is InChI=1S/C16H23ClN2O4/c1-4-23-13-8-11(7-12(17)15(13)20)14(16(21)22)19-6-5-18(3)10(2)9-19/h7-8,10,14,20H,4-6,9H2,1-3H3,(H,21,22). The summed E-state index contributed by atoms with van der Waals surface area (Å²) in [6.45, 7) is 6.32. The highest BCUT2D eigenvalue weighted by Gasteiger charge is 2.33. The Labute approximate surface area is 141 Å². The fourth-order valence-electron chi connectivity index (χ4n) is 2.84. The third kappa shape index (κ3) is 3.88. The Morgan fingerprint density at radius 3 is 2.74 bits per heavy atom. The molecule has 1 heterocycles. The summed E-state index contributed by atoms with van der Waals surface area (Å²) in [6, 6.07) is 2.52. The van der Waals surface area contributed by atoms with Gasteiger partial charge in [-0.3, -0.25) is 9.69 Å². The maximum Gasteiger partial charge on any atom is 0.325 e. The molecule has 0 spiro atoms. The number of aromatic hydroxyl groups is 1. The van der Waals surface area contributed by atoms with E-state index in [1.807, 2.05) is 11.9 Å². The Bertz CT molecular complexity index is 581. The lowest BCUT2D eigenvalue weighted by molar-refractivity contribution is -0.144. The number of rotatable bonds is 5. The molecule has 128 valence electrons. The molecule has 1 aliphatic heterocycles. The maximum absolute atomic E-state index is 11.9. The van der Waals surface area contributed by atoms with Gasteiger partial charge in [0, 0.05) is 25.7 Å². The largest absolute Gasteiger partial charge is 0.503 e. The van der Waals surface area contributed by atoms with Crippen molar-refractivity contribution in [2.24, 2.45) is 0 Å². The smallest absolute Gasteiger partial charge is 0.325 e. The Morgan fingerprint density at radius 2 is 2.17 bits per heavy atom. The molecule has 1 saturated heterocycles. The summed E-state index contributed by atoms with van der Waals surface area (Å²) < 4.78 is 5.36. The monoisotopic (exact) mass is 342 g/mol. The Hall–Kier alpha value is -1.50. The van der Waals surface area contributed by atoms with Crippen molar-refractivity contribution in [3.05, 3.63) is 22.7 Å². The summed E-state index contributed by atoms with van der Waals surface area (Å²) in [7, 11) is 2.03. The molecule has 2 unspecified atom stereocenters. The van der Waals surface area contributed by atoms with Crippen LogP contribution in [0.3, 0.4) is 0 Å². The number of carboxylic acid groups (broad SMARTS) is 1. The van der Waals surface area contributed by atoms with E-state index < -0.39 is 12.0 Å². The molecule has 1 aromatic rings. The van der Waals surface area contributed by atoms with Gasteiger partial charge in [-0.25, -0.2) is 0 Å². The predicted molar refractivity (Wildman–Crippen MR) is 88.3 cm³/mol. The lowest BCUT2D eigenvalue weighted by Crippen LogP contribution is -2.52. The van der Waals surface area contributed by atoms with Gasteiger partial charge in [0.1, 0.15) is 6.04 Å². The van der Waals surface area contributed by atoms with Crippen molar-refractivity contribution in [2.45, 2.75) is 25.9 Å². The third-order valence-corrected chi connectivity index (χ3v) is 4.54. The van der Waals surface area contributed by atoms with Crippen LogP contribution in [0, 0.1) is 0 Å². The molecule has 1 fully saturated rings. The molecular formula is C16H23ClN2O4. The second kappa shape index (κ2) is 7.38. The van der Waals surface area contributed by atoms with Gasteiger partial charge in [-0.05, 0) is 38.6 Å². The first kappa shape index (κ1) is 17.8. The Balaban J connectivity index is 2.36. The van der Waals surface area contributed by atoms with E-state index in [9.17, 15) is 15.0 Å². The van der Waals surface area contributed by atoms with E-state index in [2.05, 4.69) is 11.8 Å².